The van der Waals surface area contributed by atoms with E-state index in [0.29, 0.717) is 11.0 Å². The maximum atomic E-state index is 11.7. The Balaban J connectivity index is 2.73. The third-order valence-corrected chi connectivity index (χ3v) is 2.71. The summed E-state index contributed by atoms with van der Waals surface area (Å²) in [6, 6.07) is 7.54. The molecule has 0 radical (unpaired) electrons. The molecule has 0 saturated heterocycles. The molecule has 0 unspecified atom stereocenters. The quantitative estimate of drug-likeness (QED) is 0.424. The summed E-state index contributed by atoms with van der Waals surface area (Å²) in [7, 11) is 0. The fourth-order valence-electron chi connectivity index (χ4n) is 1.99. The Morgan fingerprint density at radius 2 is 1.94 bits per heavy atom. The van der Waals surface area contributed by atoms with E-state index >= 15 is 0 Å². The number of fused-ring (bicyclic) bond motifs is 3. The number of nitrogens with zero attached hydrogens (tertiary/aromatic N) is 1. The number of para-hydroxylation sites is 1. The van der Waals surface area contributed by atoms with Gasteiger partial charge in [0.15, 0.2) is 0 Å². The lowest BCUT2D eigenvalue weighted by molar-refractivity contribution is 0.569. The van der Waals surface area contributed by atoms with E-state index in [1.807, 2.05) is 25.1 Å². The van der Waals surface area contributed by atoms with Crippen LogP contribution in [0.25, 0.3) is 21.7 Å². The summed E-state index contributed by atoms with van der Waals surface area (Å²) in [6.45, 7) is 1.95. The fraction of sp³-hybridized carbons (Fsp3) is 0.0769. The zero-order valence-corrected chi connectivity index (χ0v) is 8.73. The molecule has 0 bridgehead atoms. The van der Waals surface area contributed by atoms with Crippen LogP contribution in [0.5, 0.6) is 0 Å². The molecule has 3 rings (SSSR count). The molecule has 0 aliphatic heterocycles. The highest BCUT2D eigenvalue weighted by Crippen LogP contribution is 2.24. The van der Waals surface area contributed by atoms with Crippen LogP contribution in [-0.4, -0.2) is 4.98 Å². The highest BCUT2D eigenvalue weighted by Gasteiger charge is 2.08. The van der Waals surface area contributed by atoms with Gasteiger partial charge in [0.1, 0.15) is 5.58 Å². The van der Waals surface area contributed by atoms with E-state index in [0.717, 1.165) is 16.3 Å². The van der Waals surface area contributed by atoms with Gasteiger partial charge in [0.2, 0.25) is 0 Å². The molecule has 2 aromatic heterocycles. The lowest BCUT2D eigenvalue weighted by Crippen LogP contribution is -2.01. The zero-order chi connectivity index (χ0) is 11.1. The van der Waals surface area contributed by atoms with Crippen LogP contribution >= 0.6 is 0 Å². The standard InChI is InChI=1S/C13H9NO2/c1-8-6-14-7-10-12(8)9-4-2-3-5-11(9)16-13(10)15/h2-7H,1H3. The first-order valence-corrected chi connectivity index (χ1v) is 5.03. The Hall–Kier alpha value is -2.16. The Labute approximate surface area is 91.3 Å². The largest absolute Gasteiger partial charge is 0.422 e. The number of rotatable bonds is 0. The maximum absolute atomic E-state index is 11.7. The summed E-state index contributed by atoms with van der Waals surface area (Å²) in [5.41, 5.74) is 1.28. The molecule has 0 N–H and O–H groups in total. The van der Waals surface area contributed by atoms with Crippen molar-refractivity contribution in [2.45, 2.75) is 6.92 Å². The summed E-state index contributed by atoms with van der Waals surface area (Å²) < 4.78 is 5.23. The van der Waals surface area contributed by atoms with E-state index in [9.17, 15) is 4.79 Å². The molecule has 78 valence electrons. The topological polar surface area (TPSA) is 43.1 Å². The number of hydrogen-bond acceptors (Lipinski definition) is 3. The molecule has 0 amide bonds. The van der Waals surface area contributed by atoms with Gasteiger partial charge in [-0.2, -0.15) is 0 Å². The number of hydrogen-bond donors (Lipinski definition) is 0. The van der Waals surface area contributed by atoms with Crippen molar-refractivity contribution < 1.29 is 4.42 Å². The predicted octanol–water partition coefficient (Wildman–Crippen LogP) is 2.65. The molecule has 0 aliphatic carbocycles. The number of pyridine rings is 1. The van der Waals surface area contributed by atoms with Gasteiger partial charge < -0.3 is 4.42 Å². The zero-order valence-electron chi connectivity index (χ0n) is 8.73. The van der Waals surface area contributed by atoms with Crippen LogP contribution in [0.1, 0.15) is 5.56 Å². The van der Waals surface area contributed by atoms with Crippen molar-refractivity contribution in [1.29, 1.82) is 0 Å². The van der Waals surface area contributed by atoms with E-state index in [4.69, 9.17) is 4.42 Å². The van der Waals surface area contributed by atoms with Crippen molar-refractivity contribution in [3.8, 4) is 0 Å². The fourth-order valence-corrected chi connectivity index (χ4v) is 1.99. The van der Waals surface area contributed by atoms with Gasteiger partial charge in [-0.1, -0.05) is 18.2 Å². The Bertz CT molecular complexity index is 744. The van der Waals surface area contributed by atoms with Gasteiger partial charge in [-0.05, 0) is 18.6 Å². The van der Waals surface area contributed by atoms with Crippen LogP contribution in [0.15, 0.2) is 45.9 Å². The monoisotopic (exact) mass is 211 g/mol. The van der Waals surface area contributed by atoms with Gasteiger partial charge in [0.05, 0.1) is 5.39 Å². The van der Waals surface area contributed by atoms with Crippen molar-refractivity contribution >= 4 is 21.7 Å². The third kappa shape index (κ3) is 1.15. The second kappa shape index (κ2) is 3.17. The van der Waals surface area contributed by atoms with Gasteiger partial charge in [0.25, 0.3) is 0 Å². The molecule has 3 heteroatoms. The Morgan fingerprint density at radius 3 is 2.81 bits per heavy atom. The smallest absolute Gasteiger partial charge is 0.345 e. The first kappa shape index (κ1) is 9.09. The van der Waals surface area contributed by atoms with Gasteiger partial charge in [0, 0.05) is 23.2 Å². The summed E-state index contributed by atoms with van der Waals surface area (Å²) >= 11 is 0. The molecule has 3 nitrogen and oxygen atoms in total. The molecule has 0 atom stereocenters. The highest BCUT2D eigenvalue weighted by atomic mass is 16.4. The van der Waals surface area contributed by atoms with E-state index < -0.39 is 0 Å². The Kier molecular flexibility index (Phi) is 1.80. The van der Waals surface area contributed by atoms with E-state index in [2.05, 4.69) is 4.98 Å². The molecular formula is C13H9NO2. The average molecular weight is 211 g/mol. The molecule has 3 aromatic rings. The third-order valence-electron chi connectivity index (χ3n) is 2.71. The van der Waals surface area contributed by atoms with Crippen molar-refractivity contribution in [3.05, 3.63) is 52.6 Å². The molecular weight excluding hydrogens is 202 g/mol. The van der Waals surface area contributed by atoms with Crippen LogP contribution < -0.4 is 5.63 Å². The van der Waals surface area contributed by atoms with Crippen LogP contribution in [0, 0.1) is 6.92 Å². The number of aryl methyl sites for hydroxylation is 1. The van der Waals surface area contributed by atoms with E-state index in [-0.39, 0.29) is 5.63 Å². The van der Waals surface area contributed by atoms with E-state index in [1.165, 1.54) is 0 Å². The number of benzene rings is 1. The van der Waals surface area contributed by atoms with Crippen LogP contribution in [0.2, 0.25) is 0 Å². The van der Waals surface area contributed by atoms with Gasteiger partial charge in [-0.15, -0.1) is 0 Å². The number of aromatic nitrogens is 1. The van der Waals surface area contributed by atoms with Crippen molar-refractivity contribution in [2.24, 2.45) is 0 Å². The first-order chi connectivity index (χ1) is 7.77. The van der Waals surface area contributed by atoms with Crippen LogP contribution in [-0.2, 0) is 0 Å². The lowest BCUT2D eigenvalue weighted by atomic mass is 10.1. The molecule has 0 aliphatic rings. The minimum absolute atomic E-state index is 0.329. The average Bonchev–Trinajstić information content (AvgIpc) is 2.30. The first-order valence-electron chi connectivity index (χ1n) is 5.03. The predicted molar refractivity (Wildman–Crippen MR) is 62.5 cm³/mol. The summed E-state index contributed by atoms with van der Waals surface area (Å²) in [5.74, 6) is 0. The van der Waals surface area contributed by atoms with Gasteiger partial charge >= 0.3 is 5.63 Å². The van der Waals surface area contributed by atoms with Crippen LogP contribution in [0.4, 0.5) is 0 Å². The van der Waals surface area contributed by atoms with Crippen LogP contribution in [0.3, 0.4) is 0 Å². The van der Waals surface area contributed by atoms with Crippen molar-refractivity contribution in [3.63, 3.8) is 0 Å². The molecule has 0 saturated carbocycles. The molecule has 16 heavy (non-hydrogen) atoms. The van der Waals surface area contributed by atoms with E-state index in [1.54, 1.807) is 18.5 Å². The lowest BCUT2D eigenvalue weighted by Gasteiger charge is -2.03. The van der Waals surface area contributed by atoms with Crippen molar-refractivity contribution in [1.82, 2.24) is 4.98 Å². The summed E-state index contributed by atoms with van der Waals surface area (Å²) in [6.07, 6.45) is 3.31. The summed E-state index contributed by atoms with van der Waals surface area (Å²) in [5, 5.41) is 2.43. The maximum Gasteiger partial charge on any atom is 0.345 e. The molecule has 2 heterocycles. The second-order valence-corrected chi connectivity index (χ2v) is 3.76. The minimum Gasteiger partial charge on any atom is -0.422 e. The normalized spacial score (nSPS) is 11.1. The minimum atomic E-state index is -0.329. The Morgan fingerprint density at radius 1 is 1.12 bits per heavy atom. The molecule has 1 aromatic carbocycles. The molecule has 0 fully saturated rings. The molecule has 0 spiro atoms. The summed E-state index contributed by atoms with van der Waals surface area (Å²) in [4.78, 5) is 15.8. The van der Waals surface area contributed by atoms with Gasteiger partial charge in [-0.3, -0.25) is 4.98 Å². The SMILES string of the molecule is Cc1cncc2c(=O)oc3ccccc3c12. The van der Waals surface area contributed by atoms with Crippen molar-refractivity contribution in [2.75, 3.05) is 0 Å². The van der Waals surface area contributed by atoms with Gasteiger partial charge in [-0.25, -0.2) is 4.79 Å². The highest BCUT2D eigenvalue weighted by molar-refractivity contribution is 6.05. The second-order valence-electron chi connectivity index (χ2n) is 3.76.